The minimum absolute atomic E-state index is 0.270. The number of methoxy groups -OCH3 is 2. The van der Waals surface area contributed by atoms with Gasteiger partial charge in [0.25, 0.3) is 0 Å². The molecular weight excluding hydrogens is 328 g/mol. The van der Waals surface area contributed by atoms with Crippen LogP contribution in [0.3, 0.4) is 0 Å². The largest absolute Gasteiger partial charge is 0.469 e. The highest BCUT2D eigenvalue weighted by Gasteiger charge is 2.21. The lowest BCUT2D eigenvalue weighted by atomic mass is 9.93. The van der Waals surface area contributed by atoms with Crippen LogP contribution in [0, 0.1) is 0 Å². The van der Waals surface area contributed by atoms with E-state index in [1.165, 1.54) is 14.2 Å². The first kappa shape index (κ1) is 19.4. The third-order valence-corrected chi connectivity index (χ3v) is 4.29. The first-order chi connectivity index (χ1) is 12.7. The summed E-state index contributed by atoms with van der Waals surface area (Å²) in [5.74, 6) is -1.25. The Bertz CT molecular complexity index is 659. The number of allylic oxidation sites excluding steroid dienone is 2. The molecule has 0 fully saturated rings. The maximum atomic E-state index is 12.1. The third kappa shape index (κ3) is 5.31. The summed E-state index contributed by atoms with van der Waals surface area (Å²) in [4.78, 5) is 24.2. The van der Waals surface area contributed by atoms with Crippen molar-refractivity contribution in [2.45, 2.75) is 24.7 Å². The molecule has 2 atom stereocenters. The van der Waals surface area contributed by atoms with Gasteiger partial charge < -0.3 is 9.47 Å². The average Bonchev–Trinajstić information content (AvgIpc) is 2.71. The monoisotopic (exact) mass is 352 g/mol. The summed E-state index contributed by atoms with van der Waals surface area (Å²) < 4.78 is 9.85. The molecule has 136 valence electrons. The molecule has 0 aliphatic heterocycles. The summed E-state index contributed by atoms with van der Waals surface area (Å²) in [6, 6.07) is 19.1. The molecular formula is C22H24O4. The Morgan fingerprint density at radius 2 is 1.08 bits per heavy atom. The second-order valence-corrected chi connectivity index (χ2v) is 5.92. The van der Waals surface area contributed by atoms with Crippen molar-refractivity contribution < 1.29 is 19.1 Å². The van der Waals surface area contributed by atoms with Crippen LogP contribution in [0.4, 0.5) is 0 Å². The van der Waals surface area contributed by atoms with E-state index >= 15 is 0 Å². The van der Waals surface area contributed by atoms with E-state index in [-0.39, 0.29) is 23.8 Å². The first-order valence-corrected chi connectivity index (χ1v) is 8.58. The van der Waals surface area contributed by atoms with Crippen LogP contribution in [-0.4, -0.2) is 26.2 Å². The Hall–Kier alpha value is -2.88. The summed E-state index contributed by atoms with van der Waals surface area (Å²) in [5.41, 5.74) is 1.83. The maximum Gasteiger partial charge on any atom is 0.313 e. The lowest BCUT2D eigenvalue weighted by molar-refractivity contribution is -0.143. The van der Waals surface area contributed by atoms with Gasteiger partial charge in [-0.15, -0.1) is 0 Å². The first-order valence-electron chi connectivity index (χ1n) is 8.58. The molecule has 0 radical (unpaired) electrons. The van der Waals surface area contributed by atoms with Gasteiger partial charge in [-0.2, -0.15) is 0 Å². The molecule has 4 heteroatoms. The molecule has 0 saturated heterocycles. The van der Waals surface area contributed by atoms with Crippen LogP contribution in [0.15, 0.2) is 72.8 Å². The average molecular weight is 352 g/mol. The van der Waals surface area contributed by atoms with Crippen molar-refractivity contribution in [1.29, 1.82) is 0 Å². The van der Waals surface area contributed by atoms with E-state index < -0.39 is 0 Å². The van der Waals surface area contributed by atoms with Gasteiger partial charge in [-0.05, 0) is 24.0 Å². The van der Waals surface area contributed by atoms with Crippen molar-refractivity contribution in [3.8, 4) is 0 Å². The van der Waals surface area contributed by atoms with Crippen molar-refractivity contribution in [3.05, 3.63) is 83.9 Å². The van der Waals surface area contributed by atoms with Crippen LogP contribution >= 0.6 is 0 Å². The highest BCUT2D eigenvalue weighted by Crippen LogP contribution is 2.24. The molecule has 0 saturated carbocycles. The van der Waals surface area contributed by atoms with E-state index in [1.807, 2.05) is 72.8 Å². The van der Waals surface area contributed by atoms with E-state index in [0.717, 1.165) is 11.1 Å². The lowest BCUT2D eigenvalue weighted by Gasteiger charge is -2.14. The summed E-state index contributed by atoms with van der Waals surface area (Å²) in [7, 11) is 2.79. The van der Waals surface area contributed by atoms with Crippen LogP contribution in [-0.2, 0) is 19.1 Å². The predicted molar refractivity (Wildman–Crippen MR) is 101 cm³/mol. The SMILES string of the molecule is COC(=O)C(CC=CCC(C(=O)OC)c1ccccc1)c1ccccc1. The molecule has 2 aromatic carbocycles. The van der Waals surface area contributed by atoms with Crippen LogP contribution < -0.4 is 0 Å². The molecule has 0 aliphatic carbocycles. The number of carbonyl (C=O) groups excluding carboxylic acids is 2. The molecule has 2 aromatic rings. The lowest BCUT2D eigenvalue weighted by Crippen LogP contribution is -2.14. The van der Waals surface area contributed by atoms with Gasteiger partial charge in [0.15, 0.2) is 0 Å². The molecule has 2 rings (SSSR count). The standard InChI is InChI=1S/C22H24O4/c1-25-21(23)19(17-11-5-3-6-12-17)15-9-10-16-20(22(24)26-2)18-13-7-4-8-14-18/h3-14,19-20H,15-16H2,1-2H3. The van der Waals surface area contributed by atoms with E-state index in [2.05, 4.69) is 0 Å². The molecule has 0 bridgehead atoms. The molecule has 0 heterocycles. The van der Waals surface area contributed by atoms with Crippen molar-refractivity contribution >= 4 is 11.9 Å². The molecule has 0 spiro atoms. The Kier molecular flexibility index (Phi) is 7.62. The summed E-state index contributed by atoms with van der Waals surface area (Å²) in [6.07, 6.45) is 4.87. The minimum atomic E-state index is -0.356. The number of rotatable bonds is 8. The second-order valence-electron chi connectivity index (χ2n) is 5.92. The van der Waals surface area contributed by atoms with E-state index in [1.54, 1.807) is 0 Å². The Morgan fingerprint density at radius 1 is 0.731 bits per heavy atom. The number of carbonyl (C=O) groups is 2. The summed E-state index contributed by atoms with van der Waals surface area (Å²) >= 11 is 0. The quantitative estimate of drug-likeness (QED) is 0.527. The van der Waals surface area contributed by atoms with Gasteiger partial charge in [0.1, 0.15) is 0 Å². The van der Waals surface area contributed by atoms with Crippen LogP contribution in [0.5, 0.6) is 0 Å². The molecule has 4 nitrogen and oxygen atoms in total. The van der Waals surface area contributed by atoms with E-state index in [9.17, 15) is 9.59 Å². The van der Waals surface area contributed by atoms with Crippen LogP contribution in [0.25, 0.3) is 0 Å². The Balaban J connectivity index is 2.06. The van der Waals surface area contributed by atoms with Crippen molar-refractivity contribution in [1.82, 2.24) is 0 Å². The van der Waals surface area contributed by atoms with Gasteiger partial charge in [-0.3, -0.25) is 9.59 Å². The highest BCUT2D eigenvalue weighted by atomic mass is 16.5. The van der Waals surface area contributed by atoms with Gasteiger partial charge in [-0.1, -0.05) is 72.8 Å². The zero-order valence-corrected chi connectivity index (χ0v) is 15.1. The van der Waals surface area contributed by atoms with Crippen LogP contribution in [0.1, 0.15) is 35.8 Å². The Labute approximate surface area is 154 Å². The Morgan fingerprint density at radius 3 is 1.38 bits per heavy atom. The molecule has 26 heavy (non-hydrogen) atoms. The van der Waals surface area contributed by atoms with Crippen molar-refractivity contribution in [2.24, 2.45) is 0 Å². The van der Waals surface area contributed by atoms with Gasteiger partial charge in [0.2, 0.25) is 0 Å². The van der Waals surface area contributed by atoms with Gasteiger partial charge in [0, 0.05) is 0 Å². The molecule has 0 amide bonds. The maximum absolute atomic E-state index is 12.1. The van der Waals surface area contributed by atoms with Gasteiger partial charge >= 0.3 is 11.9 Å². The molecule has 0 N–H and O–H groups in total. The molecule has 0 aliphatic rings. The highest BCUT2D eigenvalue weighted by molar-refractivity contribution is 5.79. The topological polar surface area (TPSA) is 52.6 Å². The zero-order chi connectivity index (χ0) is 18.8. The fourth-order valence-electron chi connectivity index (χ4n) is 2.86. The van der Waals surface area contributed by atoms with Crippen molar-refractivity contribution in [2.75, 3.05) is 14.2 Å². The normalized spacial score (nSPS) is 13.2. The fourth-order valence-corrected chi connectivity index (χ4v) is 2.86. The molecule has 2 unspecified atom stereocenters. The van der Waals surface area contributed by atoms with Crippen LogP contribution in [0.2, 0.25) is 0 Å². The third-order valence-electron chi connectivity index (χ3n) is 4.29. The van der Waals surface area contributed by atoms with Crippen molar-refractivity contribution in [3.63, 3.8) is 0 Å². The minimum Gasteiger partial charge on any atom is -0.469 e. The summed E-state index contributed by atoms with van der Waals surface area (Å²) in [6.45, 7) is 0. The smallest absolute Gasteiger partial charge is 0.313 e. The number of benzene rings is 2. The van der Waals surface area contributed by atoms with Gasteiger partial charge in [0.05, 0.1) is 26.1 Å². The number of hydrogen-bond donors (Lipinski definition) is 0. The van der Waals surface area contributed by atoms with E-state index in [0.29, 0.717) is 12.8 Å². The number of ether oxygens (including phenoxy) is 2. The number of esters is 2. The second kappa shape index (κ2) is 10.2. The molecule has 0 aromatic heterocycles. The van der Waals surface area contributed by atoms with Gasteiger partial charge in [-0.25, -0.2) is 0 Å². The summed E-state index contributed by atoms with van der Waals surface area (Å²) in [5, 5.41) is 0. The zero-order valence-electron chi connectivity index (χ0n) is 15.1. The van der Waals surface area contributed by atoms with E-state index in [4.69, 9.17) is 9.47 Å². The number of hydrogen-bond acceptors (Lipinski definition) is 4. The fraction of sp³-hybridized carbons (Fsp3) is 0.273. The predicted octanol–water partition coefficient (Wildman–Crippen LogP) is 4.24.